The zero-order valence-corrected chi connectivity index (χ0v) is 16.1. The van der Waals surface area contributed by atoms with E-state index in [9.17, 15) is 9.59 Å². The second-order valence-electron chi connectivity index (χ2n) is 6.10. The second-order valence-corrected chi connectivity index (χ2v) is 6.98. The van der Waals surface area contributed by atoms with Crippen LogP contribution in [-0.2, 0) is 11.2 Å². The number of furan rings is 1. The highest BCUT2D eigenvalue weighted by Gasteiger charge is 2.22. The van der Waals surface area contributed by atoms with Crippen LogP contribution in [0.5, 0.6) is 0 Å². The number of hydrogen-bond donors (Lipinski definition) is 2. The molecule has 3 aromatic rings. The van der Waals surface area contributed by atoms with Crippen LogP contribution >= 0.6 is 11.8 Å². The molecule has 0 atom stereocenters. The zero-order valence-electron chi connectivity index (χ0n) is 15.2. The standard InChI is InChI=1S/C21H21NO4S/c1-3-22-14-6-9-16-17(10-11-19(23)24)21(26-18(16)12-14)20(25)13-4-7-15(27-2)8-5-13/h4-9,12,22H,3,10-11H2,1-2H3,(H,23,24). The number of aryl methyl sites for hydroxylation is 1. The lowest BCUT2D eigenvalue weighted by atomic mass is 10.0. The SMILES string of the molecule is CCNc1ccc2c(CCC(=O)O)c(C(=O)c3ccc(SC)cc3)oc2c1. The van der Waals surface area contributed by atoms with E-state index >= 15 is 0 Å². The van der Waals surface area contributed by atoms with Crippen LogP contribution in [0, 0.1) is 0 Å². The number of carbonyl (C=O) groups is 2. The molecule has 0 aliphatic rings. The van der Waals surface area contributed by atoms with Gasteiger partial charge in [0.15, 0.2) is 5.76 Å². The van der Waals surface area contributed by atoms with Crippen LogP contribution in [0.1, 0.15) is 35.0 Å². The molecular weight excluding hydrogens is 362 g/mol. The Morgan fingerprint density at radius 1 is 1.15 bits per heavy atom. The third-order valence-corrected chi connectivity index (χ3v) is 5.06. The quantitative estimate of drug-likeness (QED) is 0.428. The van der Waals surface area contributed by atoms with E-state index in [1.165, 1.54) is 0 Å². The number of nitrogens with one attached hydrogen (secondary N) is 1. The molecule has 0 bridgehead atoms. The fourth-order valence-corrected chi connectivity index (χ4v) is 3.41. The number of thioether (sulfide) groups is 1. The van der Waals surface area contributed by atoms with Crippen molar-refractivity contribution in [1.82, 2.24) is 0 Å². The lowest BCUT2D eigenvalue weighted by Gasteiger charge is -2.03. The van der Waals surface area contributed by atoms with Gasteiger partial charge in [0.25, 0.3) is 0 Å². The highest BCUT2D eigenvalue weighted by molar-refractivity contribution is 7.98. The summed E-state index contributed by atoms with van der Waals surface area (Å²) in [5.41, 5.74) is 2.65. The number of carboxylic acids is 1. The Morgan fingerprint density at radius 2 is 1.89 bits per heavy atom. The maximum atomic E-state index is 13.0. The van der Waals surface area contributed by atoms with Gasteiger partial charge in [-0.15, -0.1) is 11.8 Å². The first kappa shape index (κ1) is 19.0. The monoisotopic (exact) mass is 383 g/mol. The molecular formula is C21H21NO4S. The minimum absolute atomic E-state index is 0.0602. The largest absolute Gasteiger partial charge is 0.481 e. The van der Waals surface area contributed by atoms with Crippen LogP contribution in [-0.4, -0.2) is 29.7 Å². The van der Waals surface area contributed by atoms with E-state index in [0.717, 1.165) is 22.5 Å². The molecule has 1 aromatic heterocycles. The number of hydrogen-bond acceptors (Lipinski definition) is 5. The van der Waals surface area contributed by atoms with E-state index in [1.807, 2.05) is 43.5 Å². The van der Waals surface area contributed by atoms with E-state index in [1.54, 1.807) is 23.9 Å². The molecule has 0 saturated carbocycles. The number of fused-ring (bicyclic) bond motifs is 1. The minimum Gasteiger partial charge on any atom is -0.481 e. The molecule has 0 aliphatic heterocycles. The van der Waals surface area contributed by atoms with Gasteiger partial charge in [-0.25, -0.2) is 0 Å². The smallest absolute Gasteiger partial charge is 0.303 e. The number of carboxylic acid groups (broad SMARTS) is 1. The summed E-state index contributed by atoms with van der Waals surface area (Å²) < 4.78 is 5.90. The first-order valence-corrected chi connectivity index (χ1v) is 9.95. The summed E-state index contributed by atoms with van der Waals surface area (Å²) in [6.07, 6.45) is 2.16. The van der Waals surface area contributed by atoms with Crippen molar-refractivity contribution in [3.8, 4) is 0 Å². The summed E-state index contributed by atoms with van der Waals surface area (Å²) in [7, 11) is 0. The number of benzene rings is 2. The lowest BCUT2D eigenvalue weighted by molar-refractivity contribution is -0.136. The number of ketones is 1. The number of aliphatic carboxylic acids is 1. The van der Waals surface area contributed by atoms with Gasteiger partial charge in [-0.05, 0) is 56.0 Å². The number of carbonyl (C=O) groups excluding carboxylic acids is 1. The topological polar surface area (TPSA) is 79.5 Å². The summed E-state index contributed by atoms with van der Waals surface area (Å²) >= 11 is 1.60. The fourth-order valence-electron chi connectivity index (χ4n) is 3.00. The van der Waals surface area contributed by atoms with Crippen LogP contribution in [0.25, 0.3) is 11.0 Å². The molecule has 6 heteroatoms. The van der Waals surface area contributed by atoms with Crippen molar-refractivity contribution in [2.45, 2.75) is 24.7 Å². The van der Waals surface area contributed by atoms with Gasteiger partial charge in [0.2, 0.25) is 5.78 Å². The Hall–Kier alpha value is -2.73. The highest BCUT2D eigenvalue weighted by atomic mass is 32.2. The normalized spacial score (nSPS) is 10.9. The molecule has 0 fully saturated rings. The predicted molar refractivity (Wildman–Crippen MR) is 108 cm³/mol. The highest BCUT2D eigenvalue weighted by Crippen LogP contribution is 2.31. The predicted octanol–water partition coefficient (Wildman–Crippen LogP) is 4.83. The molecule has 2 N–H and O–H groups in total. The van der Waals surface area contributed by atoms with Crippen LogP contribution in [0.3, 0.4) is 0 Å². The summed E-state index contributed by atoms with van der Waals surface area (Å²) in [4.78, 5) is 25.2. The molecule has 5 nitrogen and oxygen atoms in total. The van der Waals surface area contributed by atoms with Gasteiger partial charge in [-0.2, -0.15) is 0 Å². The third kappa shape index (κ3) is 4.17. The minimum atomic E-state index is -0.906. The Kier molecular flexibility index (Phi) is 5.86. The molecule has 0 radical (unpaired) electrons. The van der Waals surface area contributed by atoms with Crippen molar-refractivity contribution >= 4 is 40.2 Å². The number of anilines is 1. The summed E-state index contributed by atoms with van der Waals surface area (Å²) in [6, 6.07) is 13.0. The Balaban J connectivity index is 2.06. The van der Waals surface area contributed by atoms with E-state index in [4.69, 9.17) is 9.52 Å². The van der Waals surface area contributed by atoms with Crippen molar-refractivity contribution in [3.05, 3.63) is 59.4 Å². The molecule has 0 unspecified atom stereocenters. The molecule has 2 aromatic carbocycles. The van der Waals surface area contributed by atoms with Crippen molar-refractivity contribution in [2.24, 2.45) is 0 Å². The third-order valence-electron chi connectivity index (χ3n) is 4.32. The summed E-state index contributed by atoms with van der Waals surface area (Å²) in [6.45, 7) is 2.77. The van der Waals surface area contributed by atoms with Crippen molar-refractivity contribution in [2.75, 3.05) is 18.1 Å². The van der Waals surface area contributed by atoms with Crippen molar-refractivity contribution < 1.29 is 19.1 Å². The average molecular weight is 383 g/mol. The van der Waals surface area contributed by atoms with Crippen LogP contribution < -0.4 is 5.32 Å². The van der Waals surface area contributed by atoms with Crippen LogP contribution in [0.15, 0.2) is 51.8 Å². The first-order valence-electron chi connectivity index (χ1n) is 8.73. The lowest BCUT2D eigenvalue weighted by Crippen LogP contribution is -2.05. The molecule has 1 heterocycles. The average Bonchev–Trinajstić information content (AvgIpc) is 3.04. The number of rotatable bonds is 8. The van der Waals surface area contributed by atoms with Crippen LogP contribution in [0.4, 0.5) is 5.69 Å². The molecule has 0 aliphatic carbocycles. The second kappa shape index (κ2) is 8.31. The first-order chi connectivity index (χ1) is 13.0. The maximum Gasteiger partial charge on any atom is 0.303 e. The van der Waals surface area contributed by atoms with Gasteiger partial charge in [0, 0.05) is 46.1 Å². The van der Waals surface area contributed by atoms with E-state index in [-0.39, 0.29) is 24.4 Å². The Bertz CT molecular complexity index is 976. The molecule has 3 rings (SSSR count). The zero-order chi connectivity index (χ0) is 19.4. The Labute approximate surface area is 161 Å². The van der Waals surface area contributed by atoms with Crippen LogP contribution in [0.2, 0.25) is 0 Å². The van der Waals surface area contributed by atoms with Gasteiger partial charge in [-0.1, -0.05) is 0 Å². The van der Waals surface area contributed by atoms with Gasteiger partial charge in [0.1, 0.15) is 5.58 Å². The van der Waals surface area contributed by atoms with Crippen molar-refractivity contribution in [1.29, 1.82) is 0 Å². The fraction of sp³-hybridized carbons (Fsp3) is 0.238. The van der Waals surface area contributed by atoms with Crippen molar-refractivity contribution in [3.63, 3.8) is 0 Å². The molecule has 0 saturated heterocycles. The van der Waals surface area contributed by atoms with Gasteiger partial charge in [-0.3, -0.25) is 9.59 Å². The molecule has 0 amide bonds. The molecule has 140 valence electrons. The van der Waals surface area contributed by atoms with Gasteiger partial charge >= 0.3 is 5.97 Å². The van der Waals surface area contributed by atoms with E-state index < -0.39 is 5.97 Å². The van der Waals surface area contributed by atoms with E-state index in [2.05, 4.69) is 5.32 Å². The maximum absolute atomic E-state index is 13.0. The van der Waals surface area contributed by atoms with E-state index in [0.29, 0.717) is 16.7 Å². The Morgan fingerprint density at radius 3 is 2.52 bits per heavy atom. The van der Waals surface area contributed by atoms with Gasteiger partial charge < -0.3 is 14.8 Å². The molecule has 27 heavy (non-hydrogen) atoms. The molecule has 0 spiro atoms. The van der Waals surface area contributed by atoms with Gasteiger partial charge in [0.05, 0.1) is 0 Å². The summed E-state index contributed by atoms with van der Waals surface area (Å²) in [5, 5.41) is 13.1. The summed E-state index contributed by atoms with van der Waals surface area (Å²) in [5.74, 6) is -0.919.